The van der Waals surface area contributed by atoms with E-state index in [1.165, 1.54) is 5.56 Å². The number of rotatable bonds is 9. The third-order valence-electron chi connectivity index (χ3n) is 4.30. The van der Waals surface area contributed by atoms with Crippen LogP contribution in [0, 0.1) is 0 Å². The van der Waals surface area contributed by atoms with Crippen LogP contribution in [0.5, 0.6) is 5.75 Å². The number of aromatic nitrogens is 1. The normalized spacial score (nSPS) is 11.3. The van der Waals surface area contributed by atoms with Crippen LogP contribution in [0.2, 0.25) is 0 Å². The van der Waals surface area contributed by atoms with Gasteiger partial charge in [0.1, 0.15) is 5.75 Å². The van der Waals surface area contributed by atoms with E-state index in [1.54, 1.807) is 6.21 Å². The van der Waals surface area contributed by atoms with Gasteiger partial charge in [0, 0.05) is 62.1 Å². The van der Waals surface area contributed by atoms with Crippen molar-refractivity contribution < 1.29 is 5.11 Å². The zero-order valence-electron chi connectivity index (χ0n) is 15.1. The van der Waals surface area contributed by atoms with Gasteiger partial charge in [-0.2, -0.15) is 0 Å². The lowest BCUT2D eigenvalue weighted by atomic mass is 10.2. The first-order chi connectivity index (χ1) is 11.7. The molecule has 4 heteroatoms. The standard InChI is InChI=1S/C20H29N3O/c1-4-17-10-13-22(16-17)12-7-11-21-15-18-8-9-19(14-20(18)24)23(5-2)6-3/h8-10,13-16,24H,4-7,11-12H2,1-3H3. The summed E-state index contributed by atoms with van der Waals surface area (Å²) in [4.78, 5) is 6.66. The van der Waals surface area contributed by atoms with Crippen molar-refractivity contribution in [2.45, 2.75) is 40.2 Å². The van der Waals surface area contributed by atoms with Crippen molar-refractivity contribution in [1.29, 1.82) is 0 Å². The molecule has 0 unspecified atom stereocenters. The second-order valence-corrected chi connectivity index (χ2v) is 5.92. The van der Waals surface area contributed by atoms with Crippen LogP contribution < -0.4 is 4.90 Å². The molecule has 1 aromatic carbocycles. The van der Waals surface area contributed by atoms with Gasteiger partial charge in [-0.1, -0.05) is 6.92 Å². The second-order valence-electron chi connectivity index (χ2n) is 5.92. The third kappa shape index (κ3) is 4.88. The van der Waals surface area contributed by atoms with Gasteiger partial charge in [-0.25, -0.2) is 0 Å². The van der Waals surface area contributed by atoms with Crippen LogP contribution in [0.25, 0.3) is 0 Å². The molecule has 0 spiro atoms. The van der Waals surface area contributed by atoms with E-state index >= 15 is 0 Å². The summed E-state index contributed by atoms with van der Waals surface area (Å²) < 4.78 is 2.21. The number of aromatic hydroxyl groups is 1. The molecule has 0 fully saturated rings. The first-order valence-electron chi connectivity index (χ1n) is 8.90. The molecule has 0 saturated carbocycles. The Labute approximate surface area is 145 Å². The Morgan fingerprint density at radius 3 is 2.58 bits per heavy atom. The van der Waals surface area contributed by atoms with Gasteiger partial charge >= 0.3 is 0 Å². The first-order valence-corrected chi connectivity index (χ1v) is 8.90. The molecule has 130 valence electrons. The molecule has 0 saturated heterocycles. The van der Waals surface area contributed by atoms with Crippen LogP contribution in [-0.4, -0.2) is 35.5 Å². The van der Waals surface area contributed by atoms with Crippen molar-refractivity contribution in [1.82, 2.24) is 4.57 Å². The van der Waals surface area contributed by atoms with Crippen molar-refractivity contribution in [2.75, 3.05) is 24.5 Å². The fourth-order valence-corrected chi connectivity index (χ4v) is 2.77. The fourth-order valence-electron chi connectivity index (χ4n) is 2.77. The van der Waals surface area contributed by atoms with Crippen molar-refractivity contribution in [3.63, 3.8) is 0 Å². The minimum Gasteiger partial charge on any atom is -0.507 e. The van der Waals surface area contributed by atoms with Crippen molar-refractivity contribution in [2.24, 2.45) is 4.99 Å². The van der Waals surface area contributed by atoms with E-state index in [0.29, 0.717) is 5.75 Å². The van der Waals surface area contributed by atoms with Gasteiger partial charge in [-0.05, 0) is 50.5 Å². The minimum atomic E-state index is 0.293. The Hall–Kier alpha value is -2.23. The molecule has 0 aliphatic rings. The molecule has 0 aliphatic carbocycles. The lowest BCUT2D eigenvalue weighted by Crippen LogP contribution is -2.21. The van der Waals surface area contributed by atoms with Gasteiger partial charge in [-0.15, -0.1) is 0 Å². The summed E-state index contributed by atoms with van der Waals surface area (Å²) in [6.45, 7) is 10.0. The Bertz CT molecular complexity index is 657. The third-order valence-corrected chi connectivity index (χ3v) is 4.30. The predicted molar refractivity (Wildman–Crippen MR) is 103 cm³/mol. The molecular formula is C20H29N3O. The highest BCUT2D eigenvalue weighted by Gasteiger charge is 2.05. The average Bonchev–Trinajstić information content (AvgIpc) is 3.05. The van der Waals surface area contributed by atoms with E-state index in [2.05, 4.69) is 53.7 Å². The van der Waals surface area contributed by atoms with Crippen molar-refractivity contribution in [3.8, 4) is 5.75 Å². The summed E-state index contributed by atoms with van der Waals surface area (Å²) in [5.41, 5.74) is 3.20. The van der Waals surface area contributed by atoms with E-state index in [4.69, 9.17) is 0 Å². The maximum atomic E-state index is 10.2. The summed E-state index contributed by atoms with van der Waals surface area (Å²) in [7, 11) is 0. The van der Waals surface area contributed by atoms with Crippen LogP contribution >= 0.6 is 0 Å². The van der Waals surface area contributed by atoms with E-state index in [0.717, 1.165) is 50.3 Å². The molecule has 2 aromatic rings. The molecule has 1 aromatic heterocycles. The molecule has 0 bridgehead atoms. The van der Waals surface area contributed by atoms with E-state index < -0.39 is 0 Å². The van der Waals surface area contributed by atoms with E-state index in [-0.39, 0.29) is 0 Å². The zero-order valence-corrected chi connectivity index (χ0v) is 15.1. The summed E-state index contributed by atoms with van der Waals surface area (Å²) in [5, 5.41) is 10.2. The molecule has 0 aliphatic heterocycles. The van der Waals surface area contributed by atoms with Crippen LogP contribution in [0.3, 0.4) is 0 Å². The molecule has 0 amide bonds. The quantitative estimate of drug-likeness (QED) is 0.556. The number of nitrogens with zero attached hydrogens (tertiary/aromatic N) is 3. The number of phenolic OH excluding ortho intramolecular Hbond substituents is 1. The maximum Gasteiger partial charge on any atom is 0.126 e. The highest BCUT2D eigenvalue weighted by molar-refractivity contribution is 5.84. The largest absolute Gasteiger partial charge is 0.507 e. The first kappa shape index (κ1) is 18.1. The highest BCUT2D eigenvalue weighted by Crippen LogP contribution is 2.23. The Morgan fingerprint density at radius 2 is 1.96 bits per heavy atom. The van der Waals surface area contributed by atoms with Crippen LogP contribution in [0.15, 0.2) is 41.7 Å². The number of aryl methyl sites for hydroxylation is 2. The van der Waals surface area contributed by atoms with Crippen LogP contribution in [-0.2, 0) is 13.0 Å². The smallest absolute Gasteiger partial charge is 0.126 e. The number of hydrogen-bond donors (Lipinski definition) is 1. The molecule has 0 atom stereocenters. The van der Waals surface area contributed by atoms with Gasteiger partial charge in [0.2, 0.25) is 0 Å². The summed E-state index contributed by atoms with van der Waals surface area (Å²) in [6, 6.07) is 7.96. The Kier molecular flexibility index (Phi) is 6.91. The molecule has 1 heterocycles. The summed E-state index contributed by atoms with van der Waals surface area (Å²) in [6.07, 6.45) is 8.16. The SMILES string of the molecule is CCc1ccn(CCCN=Cc2ccc(N(CC)CC)cc2O)c1. The van der Waals surface area contributed by atoms with Gasteiger partial charge in [0.05, 0.1) is 0 Å². The lowest BCUT2D eigenvalue weighted by molar-refractivity contribution is 0.474. The molecule has 24 heavy (non-hydrogen) atoms. The summed E-state index contributed by atoms with van der Waals surface area (Å²) >= 11 is 0. The Morgan fingerprint density at radius 1 is 1.17 bits per heavy atom. The number of aliphatic imine (C=N–C) groups is 1. The van der Waals surface area contributed by atoms with Gasteiger partial charge in [0.15, 0.2) is 0 Å². The Balaban J connectivity index is 1.85. The lowest BCUT2D eigenvalue weighted by Gasteiger charge is -2.21. The minimum absolute atomic E-state index is 0.293. The molecule has 2 rings (SSSR count). The number of phenols is 1. The van der Waals surface area contributed by atoms with E-state index in [1.807, 2.05) is 18.2 Å². The predicted octanol–water partition coefficient (Wildman–Crippen LogP) is 4.11. The van der Waals surface area contributed by atoms with Crippen molar-refractivity contribution in [3.05, 3.63) is 47.8 Å². The van der Waals surface area contributed by atoms with Gasteiger partial charge < -0.3 is 14.6 Å². The zero-order chi connectivity index (χ0) is 17.4. The van der Waals surface area contributed by atoms with Crippen LogP contribution in [0.1, 0.15) is 38.3 Å². The second kappa shape index (κ2) is 9.16. The highest BCUT2D eigenvalue weighted by atomic mass is 16.3. The van der Waals surface area contributed by atoms with Crippen molar-refractivity contribution >= 4 is 11.9 Å². The molecule has 4 nitrogen and oxygen atoms in total. The average molecular weight is 327 g/mol. The maximum absolute atomic E-state index is 10.2. The molecular weight excluding hydrogens is 298 g/mol. The molecule has 1 N–H and O–H groups in total. The fraction of sp³-hybridized carbons (Fsp3) is 0.450. The number of benzene rings is 1. The summed E-state index contributed by atoms with van der Waals surface area (Å²) in [5.74, 6) is 0.293. The van der Waals surface area contributed by atoms with Gasteiger partial charge in [0.25, 0.3) is 0 Å². The van der Waals surface area contributed by atoms with Crippen LogP contribution in [0.4, 0.5) is 5.69 Å². The van der Waals surface area contributed by atoms with E-state index in [9.17, 15) is 5.11 Å². The monoisotopic (exact) mass is 327 g/mol. The van der Waals surface area contributed by atoms with Gasteiger partial charge in [-0.3, -0.25) is 4.99 Å². The number of anilines is 1. The molecule has 0 radical (unpaired) electrons. The topological polar surface area (TPSA) is 40.8 Å². The number of hydrogen-bond acceptors (Lipinski definition) is 3.